The van der Waals surface area contributed by atoms with Crippen molar-refractivity contribution in [1.29, 1.82) is 0 Å². The van der Waals surface area contributed by atoms with Crippen LogP contribution in [0.1, 0.15) is 37.8 Å². The Kier molecular flexibility index (Phi) is 5.36. The zero-order valence-corrected chi connectivity index (χ0v) is 11.3. The number of aryl methyl sites for hydroxylation is 1. The van der Waals surface area contributed by atoms with E-state index in [4.69, 9.17) is 0 Å². The third kappa shape index (κ3) is 3.84. The molecule has 0 saturated heterocycles. The second-order valence-corrected chi connectivity index (χ2v) is 5.34. The van der Waals surface area contributed by atoms with E-state index in [1.54, 1.807) is 0 Å². The van der Waals surface area contributed by atoms with Gasteiger partial charge in [-0.3, -0.25) is 0 Å². The summed E-state index contributed by atoms with van der Waals surface area (Å²) in [6, 6.07) is 8.45. The molecule has 0 heterocycles. The van der Waals surface area contributed by atoms with Crippen LogP contribution in [-0.2, 0) is 5.75 Å². The molecule has 1 nitrogen and oxygen atoms in total. The zero-order chi connectivity index (χ0) is 12.0. The lowest BCUT2D eigenvalue weighted by Crippen LogP contribution is -2.29. The van der Waals surface area contributed by atoms with E-state index in [0.717, 1.165) is 24.3 Å². The summed E-state index contributed by atoms with van der Waals surface area (Å²) in [5, 5.41) is 10.2. The first-order valence-electron chi connectivity index (χ1n) is 5.96. The van der Waals surface area contributed by atoms with Crippen molar-refractivity contribution in [2.24, 2.45) is 0 Å². The van der Waals surface area contributed by atoms with E-state index in [1.165, 1.54) is 11.1 Å². The van der Waals surface area contributed by atoms with Crippen LogP contribution in [0.15, 0.2) is 24.3 Å². The molecule has 0 unspecified atom stereocenters. The highest BCUT2D eigenvalue weighted by molar-refractivity contribution is 7.98. The number of hydrogen-bond donors (Lipinski definition) is 1. The number of thioether (sulfide) groups is 1. The van der Waals surface area contributed by atoms with Crippen molar-refractivity contribution >= 4 is 11.8 Å². The Morgan fingerprint density at radius 2 is 1.81 bits per heavy atom. The molecule has 16 heavy (non-hydrogen) atoms. The van der Waals surface area contributed by atoms with Crippen LogP contribution in [0.25, 0.3) is 0 Å². The Bertz CT molecular complexity index is 318. The van der Waals surface area contributed by atoms with Gasteiger partial charge in [-0.25, -0.2) is 0 Å². The summed E-state index contributed by atoms with van der Waals surface area (Å²) in [7, 11) is 0. The van der Waals surface area contributed by atoms with E-state index in [9.17, 15) is 5.11 Å². The molecule has 0 aliphatic rings. The quantitative estimate of drug-likeness (QED) is 0.814. The van der Waals surface area contributed by atoms with Crippen LogP contribution in [0, 0.1) is 6.92 Å². The summed E-state index contributed by atoms with van der Waals surface area (Å²) in [4.78, 5) is 0. The molecule has 0 bridgehead atoms. The maximum atomic E-state index is 10.2. The highest BCUT2D eigenvalue weighted by atomic mass is 32.2. The zero-order valence-electron chi connectivity index (χ0n) is 10.5. The Balaban J connectivity index is 2.44. The lowest BCUT2D eigenvalue weighted by molar-refractivity contribution is 0.0572. The summed E-state index contributed by atoms with van der Waals surface area (Å²) in [6.45, 7) is 6.25. The first kappa shape index (κ1) is 13.6. The minimum absolute atomic E-state index is 0.479. The number of aliphatic hydroxyl groups is 1. The average molecular weight is 238 g/mol. The SMILES string of the molecule is CCC(O)(CC)CSCc1ccccc1C. The van der Waals surface area contributed by atoms with Crippen LogP contribution in [0.4, 0.5) is 0 Å². The van der Waals surface area contributed by atoms with Crippen molar-refractivity contribution in [1.82, 2.24) is 0 Å². The Hall–Kier alpha value is -0.470. The van der Waals surface area contributed by atoms with Gasteiger partial charge >= 0.3 is 0 Å². The van der Waals surface area contributed by atoms with E-state index >= 15 is 0 Å². The molecule has 0 aromatic heterocycles. The Labute approximate surface area is 103 Å². The molecule has 1 aromatic carbocycles. The third-order valence-corrected chi connectivity index (χ3v) is 4.46. The average Bonchev–Trinajstić information content (AvgIpc) is 2.31. The van der Waals surface area contributed by atoms with Gasteiger partial charge in [0.1, 0.15) is 0 Å². The first-order valence-corrected chi connectivity index (χ1v) is 7.11. The highest BCUT2D eigenvalue weighted by Crippen LogP contribution is 2.24. The van der Waals surface area contributed by atoms with Gasteiger partial charge < -0.3 is 5.11 Å². The van der Waals surface area contributed by atoms with Crippen molar-refractivity contribution < 1.29 is 5.11 Å². The monoisotopic (exact) mass is 238 g/mol. The fourth-order valence-electron chi connectivity index (χ4n) is 1.58. The van der Waals surface area contributed by atoms with E-state index < -0.39 is 5.60 Å². The number of hydrogen-bond acceptors (Lipinski definition) is 2. The Morgan fingerprint density at radius 1 is 1.19 bits per heavy atom. The summed E-state index contributed by atoms with van der Waals surface area (Å²) >= 11 is 1.83. The lowest BCUT2D eigenvalue weighted by Gasteiger charge is -2.24. The molecule has 0 amide bonds. The van der Waals surface area contributed by atoms with E-state index in [1.807, 2.05) is 11.8 Å². The van der Waals surface area contributed by atoms with Gasteiger partial charge in [-0.05, 0) is 30.9 Å². The molecule has 0 fully saturated rings. The van der Waals surface area contributed by atoms with Crippen molar-refractivity contribution in [2.45, 2.75) is 45.0 Å². The molecule has 1 N–H and O–H groups in total. The molecule has 0 saturated carbocycles. The molecule has 0 spiro atoms. The summed E-state index contributed by atoms with van der Waals surface area (Å²) in [6.07, 6.45) is 1.68. The van der Waals surface area contributed by atoms with Crippen LogP contribution in [0.5, 0.6) is 0 Å². The van der Waals surface area contributed by atoms with Crippen LogP contribution in [0.3, 0.4) is 0 Å². The van der Waals surface area contributed by atoms with Crippen molar-refractivity contribution in [2.75, 3.05) is 5.75 Å². The fourth-order valence-corrected chi connectivity index (χ4v) is 3.01. The second kappa shape index (κ2) is 6.31. The van der Waals surface area contributed by atoms with E-state index in [-0.39, 0.29) is 0 Å². The standard InChI is InChI=1S/C14H22OS/c1-4-14(15,5-2)11-16-10-13-9-7-6-8-12(13)3/h6-9,15H,4-5,10-11H2,1-3H3. The van der Waals surface area contributed by atoms with Gasteiger partial charge in [0, 0.05) is 11.5 Å². The maximum Gasteiger partial charge on any atom is 0.0732 e. The summed E-state index contributed by atoms with van der Waals surface area (Å²) in [5.74, 6) is 1.82. The van der Waals surface area contributed by atoms with Crippen molar-refractivity contribution in [3.8, 4) is 0 Å². The lowest BCUT2D eigenvalue weighted by atomic mass is 10.0. The van der Waals surface area contributed by atoms with Crippen LogP contribution >= 0.6 is 11.8 Å². The predicted octanol–water partition coefficient (Wildman–Crippen LogP) is 3.78. The molecule has 0 aliphatic carbocycles. The van der Waals surface area contributed by atoms with E-state index in [0.29, 0.717) is 0 Å². The van der Waals surface area contributed by atoms with Crippen LogP contribution in [-0.4, -0.2) is 16.5 Å². The normalized spacial score (nSPS) is 11.8. The maximum absolute atomic E-state index is 10.2. The molecular formula is C14H22OS. The summed E-state index contributed by atoms with van der Waals surface area (Å²) in [5.41, 5.74) is 2.24. The van der Waals surface area contributed by atoms with E-state index in [2.05, 4.69) is 45.0 Å². The minimum atomic E-state index is -0.479. The molecule has 90 valence electrons. The molecule has 1 rings (SSSR count). The predicted molar refractivity (Wildman–Crippen MR) is 72.9 cm³/mol. The molecule has 2 heteroatoms. The number of rotatable bonds is 6. The van der Waals surface area contributed by atoms with Gasteiger partial charge in [0.05, 0.1) is 5.60 Å². The minimum Gasteiger partial charge on any atom is -0.389 e. The number of benzene rings is 1. The molecule has 1 aromatic rings. The first-order chi connectivity index (χ1) is 7.61. The van der Waals surface area contributed by atoms with Gasteiger partial charge in [0.2, 0.25) is 0 Å². The van der Waals surface area contributed by atoms with Crippen LogP contribution in [0.2, 0.25) is 0 Å². The van der Waals surface area contributed by atoms with Crippen molar-refractivity contribution in [3.05, 3.63) is 35.4 Å². The molecular weight excluding hydrogens is 216 g/mol. The summed E-state index contributed by atoms with van der Waals surface area (Å²) < 4.78 is 0. The highest BCUT2D eigenvalue weighted by Gasteiger charge is 2.21. The molecule has 0 radical (unpaired) electrons. The van der Waals surface area contributed by atoms with Crippen LogP contribution < -0.4 is 0 Å². The van der Waals surface area contributed by atoms with Crippen molar-refractivity contribution in [3.63, 3.8) is 0 Å². The largest absolute Gasteiger partial charge is 0.389 e. The topological polar surface area (TPSA) is 20.2 Å². The fraction of sp³-hybridized carbons (Fsp3) is 0.571. The van der Waals surface area contributed by atoms with Gasteiger partial charge in [-0.15, -0.1) is 0 Å². The smallest absolute Gasteiger partial charge is 0.0732 e. The molecule has 0 aliphatic heterocycles. The Morgan fingerprint density at radius 3 is 2.38 bits per heavy atom. The third-order valence-electron chi connectivity index (χ3n) is 3.21. The second-order valence-electron chi connectivity index (χ2n) is 4.35. The molecule has 0 atom stereocenters. The van der Waals surface area contributed by atoms with Gasteiger partial charge in [-0.2, -0.15) is 11.8 Å². The van der Waals surface area contributed by atoms with Gasteiger partial charge in [-0.1, -0.05) is 38.1 Å². The van der Waals surface area contributed by atoms with Gasteiger partial charge in [0.15, 0.2) is 0 Å². The van der Waals surface area contributed by atoms with Gasteiger partial charge in [0.25, 0.3) is 0 Å².